The van der Waals surface area contributed by atoms with Crippen molar-refractivity contribution in [2.75, 3.05) is 12.4 Å². The van der Waals surface area contributed by atoms with Crippen LogP contribution in [0.15, 0.2) is 407 Å². The maximum Gasteiger partial charge on any atom is 0.411 e. The SMILES string of the molecule is COC(=O)Nc1ccc(-c2cncc(CN)c2)cc1.[Pd].c1ccc(P(c2ccccc2)c2ccccc2)cc1.c1ccc(P(c2ccccc2)c2ccccc2)cc1.c1ccc(P(c2ccccc2)c2ccccc2)cc1.c1ccc(P(c2ccccc2)c2ccccc2)cc1. The van der Waals surface area contributed by atoms with Crippen molar-refractivity contribution in [3.8, 4) is 11.1 Å². The number of nitrogens with zero attached hydrogens (tertiary/aromatic N) is 1. The average molecular weight is 1410 g/mol. The zero-order valence-electron chi connectivity index (χ0n) is 53.3. The molecule has 14 rings (SSSR count). The molecule has 13 aromatic carbocycles. The number of ether oxygens (including phenoxy) is 1. The van der Waals surface area contributed by atoms with Gasteiger partial charge in [0.2, 0.25) is 0 Å². The van der Waals surface area contributed by atoms with Gasteiger partial charge in [0.05, 0.1) is 7.11 Å². The van der Waals surface area contributed by atoms with E-state index in [1.807, 2.05) is 18.2 Å². The first-order valence-electron chi connectivity index (χ1n) is 31.4. The molecule has 0 bridgehead atoms. The van der Waals surface area contributed by atoms with Crippen LogP contribution >= 0.6 is 31.7 Å². The fraction of sp³-hybridized carbons (Fsp3) is 0.0233. The monoisotopic (exact) mass is 1410 g/mol. The van der Waals surface area contributed by atoms with Gasteiger partial charge in [-0.3, -0.25) is 10.3 Å². The van der Waals surface area contributed by atoms with Crippen LogP contribution in [0.3, 0.4) is 0 Å². The number of pyridine rings is 1. The summed E-state index contributed by atoms with van der Waals surface area (Å²) in [4.78, 5) is 15.2. The summed E-state index contributed by atoms with van der Waals surface area (Å²) in [7, 11) is -0.457. The fourth-order valence-corrected chi connectivity index (χ4v) is 19.6. The van der Waals surface area contributed by atoms with Gasteiger partial charge < -0.3 is 10.5 Å². The van der Waals surface area contributed by atoms with Crippen molar-refractivity contribution in [2.45, 2.75) is 6.54 Å². The quantitative estimate of drug-likeness (QED) is 0.0792. The van der Waals surface area contributed by atoms with Crippen LogP contribution in [-0.2, 0) is 31.7 Å². The number of nitrogens with two attached hydrogens (primary N) is 1. The molecule has 0 aliphatic rings. The van der Waals surface area contributed by atoms with E-state index in [1.54, 1.807) is 24.5 Å². The molecule has 0 saturated heterocycles. The number of amides is 1. The van der Waals surface area contributed by atoms with Crippen molar-refractivity contribution < 1.29 is 30.0 Å². The van der Waals surface area contributed by atoms with E-state index in [9.17, 15) is 4.79 Å². The molecule has 476 valence electrons. The average Bonchev–Trinajstić information content (AvgIpc) is 1.27. The van der Waals surface area contributed by atoms with Gasteiger partial charge in [0.25, 0.3) is 0 Å². The summed E-state index contributed by atoms with van der Waals surface area (Å²) < 4.78 is 4.53. The van der Waals surface area contributed by atoms with Crippen LogP contribution in [-0.4, -0.2) is 18.2 Å². The topological polar surface area (TPSA) is 77.2 Å². The Kier molecular flexibility index (Phi) is 29.2. The first-order chi connectivity index (χ1) is 47.0. The molecule has 0 fully saturated rings. The molecule has 10 heteroatoms. The Labute approximate surface area is 585 Å². The van der Waals surface area contributed by atoms with Crippen molar-refractivity contribution in [1.82, 2.24) is 4.98 Å². The minimum atomic E-state index is -0.487. The molecular weight excluding hydrogens is 1340 g/mol. The second kappa shape index (κ2) is 39.5. The summed E-state index contributed by atoms with van der Waals surface area (Å²) in [5, 5.41) is 19.4. The van der Waals surface area contributed by atoms with Gasteiger partial charge in [0, 0.05) is 50.6 Å². The van der Waals surface area contributed by atoms with E-state index < -0.39 is 37.8 Å². The molecule has 1 aromatic heterocycles. The van der Waals surface area contributed by atoms with Crippen LogP contribution < -0.4 is 74.7 Å². The third-order valence-electron chi connectivity index (χ3n) is 14.9. The third-order valence-corrected chi connectivity index (χ3v) is 24.6. The maximum atomic E-state index is 11.1. The molecule has 0 aliphatic carbocycles. The van der Waals surface area contributed by atoms with Crippen LogP contribution in [0.1, 0.15) is 5.56 Å². The molecule has 5 nitrogen and oxygen atoms in total. The normalized spacial score (nSPS) is 10.4. The van der Waals surface area contributed by atoms with Crippen molar-refractivity contribution in [2.24, 2.45) is 5.73 Å². The van der Waals surface area contributed by atoms with E-state index in [-0.39, 0.29) is 20.4 Å². The minimum Gasteiger partial charge on any atom is -0.453 e. The van der Waals surface area contributed by atoms with Gasteiger partial charge in [-0.25, -0.2) is 4.79 Å². The van der Waals surface area contributed by atoms with Crippen LogP contribution in [0.2, 0.25) is 0 Å². The van der Waals surface area contributed by atoms with Crippen molar-refractivity contribution in [3.05, 3.63) is 412 Å². The van der Waals surface area contributed by atoms with Gasteiger partial charge >= 0.3 is 6.09 Å². The number of anilines is 1. The molecule has 1 amide bonds. The van der Waals surface area contributed by atoms with Crippen molar-refractivity contribution in [3.63, 3.8) is 0 Å². The Morgan fingerprint density at radius 1 is 0.302 bits per heavy atom. The predicted molar refractivity (Wildman–Crippen MR) is 414 cm³/mol. The summed E-state index contributed by atoms with van der Waals surface area (Å²) in [5.41, 5.74) is 9.26. The number of hydrogen-bond donors (Lipinski definition) is 2. The standard InChI is InChI=1S/4C18H15P.C14H15N3O2.Pd/c4*1-4-10-16(11-5-1)19(17-12-6-2-7-13-17)18-14-8-3-9-15-18;1-19-14(18)17-13-4-2-11(3-5-13)12-6-10(7-15)8-16-9-12;/h4*1-15H;2-6,8-9H,7,15H2,1H3,(H,17,18);. The largest absolute Gasteiger partial charge is 0.453 e. The zero-order chi connectivity index (χ0) is 65.3. The molecule has 0 radical (unpaired) electrons. The first-order valence-corrected chi connectivity index (χ1v) is 36.8. The third kappa shape index (κ3) is 21.3. The molecule has 0 spiro atoms. The number of benzene rings is 13. The number of carbonyl (C=O) groups is 1. The van der Waals surface area contributed by atoms with E-state index >= 15 is 0 Å². The fourth-order valence-electron chi connectivity index (χ4n) is 10.4. The second-order valence-corrected chi connectivity index (χ2v) is 30.2. The molecule has 0 saturated carbocycles. The number of aromatic nitrogens is 1. The minimum absolute atomic E-state index is 0. The molecule has 0 unspecified atom stereocenters. The Morgan fingerprint density at radius 2 is 0.500 bits per heavy atom. The zero-order valence-corrected chi connectivity index (χ0v) is 58.5. The summed E-state index contributed by atoms with van der Waals surface area (Å²) in [6, 6.07) is 139. The van der Waals surface area contributed by atoms with Gasteiger partial charge in [0.15, 0.2) is 0 Å². The molecular formula is C86H75N3O2P4Pd. The molecule has 1 heterocycles. The van der Waals surface area contributed by atoms with Crippen LogP contribution in [0.4, 0.5) is 10.5 Å². The van der Waals surface area contributed by atoms with E-state index in [4.69, 9.17) is 5.73 Å². The second-order valence-electron chi connectivity index (χ2n) is 21.3. The molecule has 14 aromatic rings. The molecule has 0 aliphatic heterocycles. The number of methoxy groups -OCH3 is 1. The van der Waals surface area contributed by atoms with Gasteiger partial charge in [-0.2, -0.15) is 0 Å². The van der Waals surface area contributed by atoms with Crippen molar-refractivity contribution >= 4 is 107 Å². The van der Waals surface area contributed by atoms with Gasteiger partial charge in [-0.15, -0.1) is 0 Å². The van der Waals surface area contributed by atoms with Crippen molar-refractivity contribution in [1.29, 1.82) is 0 Å². The number of hydrogen-bond acceptors (Lipinski definition) is 4. The van der Waals surface area contributed by atoms with E-state index in [2.05, 4.69) is 379 Å². The van der Waals surface area contributed by atoms with Gasteiger partial charge in [-0.05, 0) is 125 Å². The number of carbonyl (C=O) groups excluding carboxylic acids is 1. The number of nitrogens with one attached hydrogen (secondary N) is 1. The summed E-state index contributed by atoms with van der Waals surface area (Å²) in [6.07, 6.45) is 3.04. The van der Waals surface area contributed by atoms with Gasteiger partial charge in [0.1, 0.15) is 0 Å². The van der Waals surface area contributed by atoms with Gasteiger partial charge in [-0.1, -0.05) is 376 Å². The van der Waals surface area contributed by atoms with Crippen LogP contribution in [0, 0.1) is 0 Å². The molecule has 3 N–H and O–H groups in total. The smallest absolute Gasteiger partial charge is 0.411 e. The van der Waals surface area contributed by atoms with E-state index in [1.165, 1.54) is 70.8 Å². The predicted octanol–water partition coefficient (Wildman–Crippen LogP) is 16.2. The van der Waals surface area contributed by atoms with E-state index in [0.717, 1.165) is 16.7 Å². The number of rotatable bonds is 15. The Hall–Kier alpha value is -9.38. The maximum absolute atomic E-state index is 11.1. The summed E-state index contributed by atoms with van der Waals surface area (Å²) in [6.45, 7) is 0.461. The molecule has 96 heavy (non-hydrogen) atoms. The Balaban J connectivity index is 0.000000140. The summed E-state index contributed by atoms with van der Waals surface area (Å²) >= 11 is 0. The first kappa shape index (κ1) is 70.9. The Morgan fingerprint density at radius 3 is 0.677 bits per heavy atom. The van der Waals surface area contributed by atoms with E-state index in [0.29, 0.717) is 12.2 Å². The molecule has 0 atom stereocenters. The van der Waals surface area contributed by atoms with Crippen LogP contribution in [0.25, 0.3) is 11.1 Å². The summed E-state index contributed by atoms with van der Waals surface area (Å²) in [5.74, 6) is 0. The Bertz CT molecular complexity index is 3550. The van der Waals surface area contributed by atoms with Crippen LogP contribution in [0.5, 0.6) is 0 Å².